The number of aromatic nitrogens is 3. The Hall–Kier alpha value is -3.72. The number of cyclic esters (lactones) is 1. The van der Waals surface area contributed by atoms with Gasteiger partial charge in [0.15, 0.2) is 12.1 Å². The number of aliphatic hydroxyl groups excluding tert-OH is 1. The number of benzene rings is 1. The molecule has 0 spiro atoms. The number of carboxylic acids is 1. The van der Waals surface area contributed by atoms with E-state index in [9.17, 15) is 33.0 Å². The van der Waals surface area contributed by atoms with E-state index in [1.165, 1.54) is 20.3 Å². The highest BCUT2D eigenvalue weighted by atomic mass is 32.2. The number of rotatable bonds is 27. The van der Waals surface area contributed by atoms with E-state index in [2.05, 4.69) is 36.4 Å². The van der Waals surface area contributed by atoms with Crippen molar-refractivity contribution in [1.82, 2.24) is 30.1 Å². The number of sulfone groups is 1. The smallest absolute Gasteiger partial charge is 0.410 e. The van der Waals surface area contributed by atoms with Gasteiger partial charge in [-0.15, -0.1) is 5.10 Å². The summed E-state index contributed by atoms with van der Waals surface area (Å²) in [4.78, 5) is 43.3. The number of aliphatic hydroxyl groups is 1. The monoisotopic (exact) mass is 950 g/mol. The second-order valence-electron chi connectivity index (χ2n) is 19.6. The lowest BCUT2D eigenvalue weighted by Gasteiger charge is -2.47. The van der Waals surface area contributed by atoms with Gasteiger partial charge in [-0.25, -0.2) is 13.2 Å². The molecule has 2 aliphatic heterocycles. The van der Waals surface area contributed by atoms with Gasteiger partial charge in [0.2, 0.25) is 0 Å². The fourth-order valence-corrected chi connectivity index (χ4v) is 10.5. The lowest BCUT2D eigenvalue weighted by molar-refractivity contribution is -0.296. The fourth-order valence-electron chi connectivity index (χ4n) is 9.82. The van der Waals surface area contributed by atoms with Crippen LogP contribution in [0.25, 0.3) is 11.3 Å². The van der Waals surface area contributed by atoms with Gasteiger partial charge in [-0.05, 0) is 117 Å². The number of methoxy groups -OCH3 is 1. The van der Waals surface area contributed by atoms with Crippen molar-refractivity contribution in [3.8, 4) is 11.3 Å². The third kappa shape index (κ3) is 13.9. The normalized spacial score (nSPS) is 26.3. The van der Waals surface area contributed by atoms with Crippen molar-refractivity contribution in [2.75, 3.05) is 51.5 Å². The zero-order valence-electron chi connectivity index (χ0n) is 41.3. The summed E-state index contributed by atoms with van der Waals surface area (Å²) in [7, 11) is 0.170. The van der Waals surface area contributed by atoms with Crippen LogP contribution in [0.15, 0.2) is 30.5 Å². The molecule has 66 heavy (non-hydrogen) atoms. The first kappa shape index (κ1) is 54.9. The number of anilines is 1. The predicted octanol–water partition coefficient (Wildman–Crippen LogP) is 4.88. The highest BCUT2D eigenvalue weighted by molar-refractivity contribution is 7.90. The summed E-state index contributed by atoms with van der Waals surface area (Å²) in [5.74, 6) is -4.16. The first-order valence-corrected chi connectivity index (χ1v) is 25.6. The average Bonchev–Trinajstić information content (AvgIpc) is 3.84. The Morgan fingerprint density at radius 3 is 2.45 bits per heavy atom. The maximum absolute atomic E-state index is 13.8. The number of hydrogen-bond donors (Lipinski definition) is 4. The maximum atomic E-state index is 13.8. The number of aryl methyl sites for hydroxylation is 1. The highest BCUT2D eigenvalue weighted by Crippen LogP contribution is 2.40. The topological polar surface area (TPSA) is 238 Å². The van der Waals surface area contributed by atoms with Crippen LogP contribution in [0.2, 0.25) is 0 Å². The number of hydrogen-bond acceptors (Lipinski definition) is 15. The number of carbonyl (C=O) groups excluding carboxylic acids is 2. The van der Waals surface area contributed by atoms with E-state index in [1.54, 1.807) is 11.6 Å². The summed E-state index contributed by atoms with van der Waals surface area (Å²) < 4.78 is 50.7. The van der Waals surface area contributed by atoms with Crippen LogP contribution in [0.5, 0.6) is 0 Å². The molecule has 4 rings (SSSR count). The van der Waals surface area contributed by atoms with E-state index in [0.717, 1.165) is 24.1 Å². The molecular weight excluding hydrogens is 871 g/mol. The fraction of sp³-hybridized carbons (Fsp3) is 0.766. The molecule has 2 fully saturated rings. The standard InChI is InChI=1S/C47H79N7O11S/c1-13-30(3)47(9)41(54(45(59)65-47)22-15-14-21-53-28-37(50-51-53)35-18-16-19-36(48)25-35)34(7)49-27-29(2)26-46(8,62-11)42(32(5)39(55)33(6)43(57)58)64-44-40(56)38(24-31(4)63-44)52(10)20-17-23-66(12,60)61/h16,18-19,25,28-34,38,40-42,44,49,56H,13-15,17,20-24,26-27,48H2,1-12H3,(H,57,58)/t29-,30-,31?,32+,33-,34-,38?,40?,41-,42-,44+,46-,47-/m1/s1. The second kappa shape index (κ2) is 23.5. The van der Waals surface area contributed by atoms with Gasteiger partial charge in [0.1, 0.15) is 33.2 Å². The zero-order chi connectivity index (χ0) is 49.3. The predicted molar refractivity (Wildman–Crippen MR) is 252 cm³/mol. The number of amides is 1. The third-order valence-corrected chi connectivity index (χ3v) is 15.1. The lowest BCUT2D eigenvalue weighted by atomic mass is 9.78. The van der Waals surface area contributed by atoms with Gasteiger partial charge in [-0.3, -0.25) is 19.2 Å². The summed E-state index contributed by atoms with van der Waals surface area (Å²) in [5.41, 5.74) is 6.29. The molecule has 2 aromatic rings. The first-order chi connectivity index (χ1) is 30.8. The molecule has 1 aromatic carbocycles. The number of aliphatic carboxylic acids is 1. The molecule has 18 nitrogen and oxygen atoms in total. The van der Waals surface area contributed by atoms with Crippen LogP contribution in [0.4, 0.5) is 10.5 Å². The third-order valence-electron chi connectivity index (χ3n) is 14.1. The summed E-state index contributed by atoms with van der Waals surface area (Å²) in [5, 5.41) is 33.9. The number of Topliss-reactive ketones (excluding diaryl/α,β-unsaturated/α-hetero) is 1. The van der Waals surface area contributed by atoms with Crippen LogP contribution < -0.4 is 11.1 Å². The summed E-state index contributed by atoms with van der Waals surface area (Å²) in [6.45, 7) is 19.0. The molecule has 2 aliphatic rings. The molecule has 3 heterocycles. The van der Waals surface area contributed by atoms with E-state index in [0.29, 0.717) is 57.5 Å². The number of carbonyl (C=O) groups is 3. The number of ketones is 1. The molecule has 3 unspecified atom stereocenters. The van der Waals surface area contributed by atoms with Crippen LogP contribution in [0.3, 0.4) is 0 Å². The van der Waals surface area contributed by atoms with E-state index < -0.39 is 69.2 Å². The van der Waals surface area contributed by atoms with Crippen molar-refractivity contribution < 1.29 is 52.0 Å². The molecule has 0 radical (unpaired) electrons. The Bertz CT molecular complexity index is 2020. The van der Waals surface area contributed by atoms with Gasteiger partial charge in [-0.2, -0.15) is 0 Å². The molecule has 0 bridgehead atoms. The molecular formula is C47H79N7O11S. The number of ether oxygens (including phenoxy) is 4. The van der Waals surface area contributed by atoms with Crippen molar-refractivity contribution in [3.05, 3.63) is 30.5 Å². The minimum Gasteiger partial charge on any atom is -0.481 e. The molecule has 19 heteroatoms. The summed E-state index contributed by atoms with van der Waals surface area (Å²) in [6.07, 6.45) is 2.40. The Balaban J connectivity index is 1.49. The van der Waals surface area contributed by atoms with Gasteiger partial charge < -0.3 is 45.1 Å². The zero-order valence-corrected chi connectivity index (χ0v) is 42.1. The van der Waals surface area contributed by atoms with Crippen molar-refractivity contribution in [1.29, 1.82) is 0 Å². The van der Waals surface area contributed by atoms with Crippen LogP contribution in [0, 0.1) is 23.7 Å². The van der Waals surface area contributed by atoms with E-state index in [-0.39, 0.29) is 41.9 Å². The number of unbranched alkanes of at least 4 members (excludes halogenated alkanes) is 1. The number of likely N-dealkylation sites (N-methyl/N-ethyl adjacent to an activating group) is 1. The Morgan fingerprint density at radius 2 is 1.83 bits per heavy atom. The molecule has 374 valence electrons. The Morgan fingerprint density at radius 1 is 1.15 bits per heavy atom. The molecule has 0 saturated carbocycles. The SMILES string of the molecule is CC[C@@H](C)[C@@]1(C)OC(=O)N(CCCCn2cc(-c3cccc(N)c3)nn2)[C@@H]1[C@@H](C)NC[C@H](C)C[C@@](C)(OC)[C@H](O[C@@H]1OC(C)CC(N(C)CCCS(C)(=O)=O)C1O)[C@@H](C)C(=O)[C@@H](C)C(=O)O. The number of nitrogens with one attached hydrogen (secondary N) is 1. The maximum Gasteiger partial charge on any atom is 0.410 e. The lowest BCUT2D eigenvalue weighted by Crippen LogP contribution is -2.60. The largest absolute Gasteiger partial charge is 0.481 e. The van der Waals surface area contributed by atoms with Crippen LogP contribution in [0.1, 0.15) is 101 Å². The van der Waals surface area contributed by atoms with Gasteiger partial charge in [0.05, 0.1) is 35.8 Å². The van der Waals surface area contributed by atoms with Gasteiger partial charge in [0.25, 0.3) is 0 Å². The number of nitrogens with two attached hydrogens (primary N) is 1. The van der Waals surface area contributed by atoms with Crippen molar-refractivity contribution >= 4 is 33.4 Å². The van der Waals surface area contributed by atoms with E-state index in [1.807, 2.05) is 75.0 Å². The van der Waals surface area contributed by atoms with E-state index in [4.69, 9.17) is 24.7 Å². The Kier molecular flexibility index (Phi) is 19.6. The van der Waals surface area contributed by atoms with Crippen LogP contribution >= 0.6 is 0 Å². The number of nitrogens with zero attached hydrogens (tertiary/aromatic N) is 5. The average molecular weight is 950 g/mol. The molecule has 2 saturated heterocycles. The second-order valence-corrected chi connectivity index (χ2v) is 21.9. The van der Waals surface area contributed by atoms with Gasteiger partial charge in [-0.1, -0.05) is 45.0 Å². The van der Waals surface area contributed by atoms with E-state index >= 15 is 0 Å². The number of carboxylic acid groups (broad SMARTS) is 1. The van der Waals surface area contributed by atoms with Gasteiger partial charge >= 0.3 is 12.1 Å². The molecule has 0 aliphatic carbocycles. The van der Waals surface area contributed by atoms with Crippen molar-refractivity contribution in [2.45, 2.75) is 161 Å². The number of nitrogen functional groups attached to an aromatic ring is 1. The molecule has 1 amide bonds. The molecule has 5 N–H and O–H groups in total. The minimum absolute atomic E-state index is 0.00922. The molecule has 13 atom stereocenters. The van der Waals surface area contributed by atoms with Crippen molar-refractivity contribution in [3.63, 3.8) is 0 Å². The Labute approximate surface area is 392 Å². The van der Waals surface area contributed by atoms with Gasteiger partial charge in [0, 0.05) is 55.7 Å². The minimum atomic E-state index is -3.17. The quantitative estimate of drug-likeness (QED) is 0.0530. The van der Waals surface area contributed by atoms with Crippen molar-refractivity contribution in [2.24, 2.45) is 23.7 Å². The first-order valence-electron chi connectivity index (χ1n) is 23.5. The van der Waals surface area contributed by atoms with Crippen LogP contribution in [-0.4, -0.2) is 161 Å². The van der Waals surface area contributed by atoms with Crippen LogP contribution in [-0.2, 0) is 44.9 Å². The highest BCUT2D eigenvalue weighted by Gasteiger charge is 2.55. The molecule has 1 aromatic heterocycles. The summed E-state index contributed by atoms with van der Waals surface area (Å²) >= 11 is 0. The summed E-state index contributed by atoms with van der Waals surface area (Å²) in [6, 6.07) is 6.56.